The summed E-state index contributed by atoms with van der Waals surface area (Å²) in [6, 6.07) is 31.8. The summed E-state index contributed by atoms with van der Waals surface area (Å²) in [5.74, 6) is 0.396. The van der Waals surface area contributed by atoms with Gasteiger partial charge in [-0.1, -0.05) is 91.0 Å². The van der Waals surface area contributed by atoms with Crippen LogP contribution in [0, 0.1) is 6.92 Å². The van der Waals surface area contributed by atoms with E-state index in [1.807, 2.05) is 6.33 Å². The summed E-state index contributed by atoms with van der Waals surface area (Å²) in [5, 5.41) is 0. The maximum atomic E-state index is 6.16. The zero-order valence-electron chi connectivity index (χ0n) is 15.2. The van der Waals surface area contributed by atoms with Crippen molar-refractivity contribution < 1.29 is 0 Å². The molecule has 0 aliphatic carbocycles. The largest absolute Gasteiger partial charge is 0.316 e. The van der Waals surface area contributed by atoms with Gasteiger partial charge in [0, 0.05) is 5.69 Å². The average molecular weight is 373 g/mol. The number of hydrogen-bond acceptors (Lipinski definition) is 1. The quantitative estimate of drug-likeness (QED) is 0.321. The van der Waals surface area contributed by atoms with Gasteiger partial charge in [0.15, 0.2) is 0 Å². The lowest BCUT2D eigenvalue weighted by Gasteiger charge is -2.38. The molecule has 0 unspecified atom stereocenters. The minimum Gasteiger partial charge on any atom is -0.316 e. The minimum absolute atomic E-state index is 0.396. The van der Waals surface area contributed by atoms with Crippen molar-refractivity contribution in [3.63, 3.8) is 0 Å². The fourth-order valence-electron chi connectivity index (χ4n) is 3.87. The predicted molar refractivity (Wildman–Crippen MR) is 111 cm³/mol. The van der Waals surface area contributed by atoms with Crippen molar-refractivity contribution in [1.29, 1.82) is 0 Å². The Balaban J connectivity index is 2.15. The van der Waals surface area contributed by atoms with Crippen LogP contribution >= 0.6 is 11.6 Å². The molecule has 0 aliphatic rings. The number of hydrogen-bond donors (Lipinski definition) is 0. The van der Waals surface area contributed by atoms with E-state index < -0.39 is 5.54 Å². The molecular formula is C24H21ClN2. The van der Waals surface area contributed by atoms with Gasteiger partial charge in [0.25, 0.3) is 0 Å². The zero-order valence-corrected chi connectivity index (χ0v) is 16.0. The third-order valence-electron chi connectivity index (χ3n) is 5.17. The first-order valence-corrected chi connectivity index (χ1v) is 9.57. The molecule has 0 spiro atoms. The maximum Gasteiger partial charge on any atom is 0.121 e. The highest BCUT2D eigenvalue weighted by molar-refractivity contribution is 6.16. The molecule has 1 aromatic heterocycles. The van der Waals surface area contributed by atoms with Crippen LogP contribution in [0.1, 0.15) is 28.1 Å². The Bertz CT molecular complexity index is 912. The van der Waals surface area contributed by atoms with E-state index in [1.165, 1.54) is 16.7 Å². The summed E-state index contributed by atoms with van der Waals surface area (Å²) in [5.41, 5.74) is 5.01. The SMILES string of the molecule is Cc1c(CCl)ncn1C(c1ccccc1)(c1ccccc1)c1ccccc1. The van der Waals surface area contributed by atoms with Crippen LogP contribution in [0.2, 0.25) is 0 Å². The molecule has 4 rings (SSSR count). The van der Waals surface area contributed by atoms with Crippen molar-refractivity contribution in [3.8, 4) is 0 Å². The first kappa shape index (κ1) is 17.6. The van der Waals surface area contributed by atoms with Crippen molar-refractivity contribution in [2.24, 2.45) is 0 Å². The number of nitrogens with zero attached hydrogens (tertiary/aromatic N) is 2. The van der Waals surface area contributed by atoms with E-state index in [9.17, 15) is 0 Å². The molecule has 3 aromatic carbocycles. The van der Waals surface area contributed by atoms with Crippen LogP contribution in [-0.4, -0.2) is 9.55 Å². The van der Waals surface area contributed by atoms with E-state index in [4.69, 9.17) is 11.6 Å². The first-order chi connectivity index (χ1) is 13.3. The average Bonchev–Trinajstić information content (AvgIpc) is 3.12. The lowest BCUT2D eigenvalue weighted by molar-refractivity contribution is 0.503. The van der Waals surface area contributed by atoms with Crippen LogP contribution in [0.15, 0.2) is 97.3 Å². The molecule has 27 heavy (non-hydrogen) atoms. The Kier molecular flexibility index (Phi) is 4.83. The number of halogens is 1. The highest BCUT2D eigenvalue weighted by Crippen LogP contribution is 2.41. The summed E-state index contributed by atoms with van der Waals surface area (Å²) >= 11 is 6.16. The summed E-state index contributed by atoms with van der Waals surface area (Å²) in [6.07, 6.45) is 1.92. The third kappa shape index (κ3) is 2.87. The predicted octanol–water partition coefficient (Wildman–Crippen LogP) is 5.77. The lowest BCUT2D eigenvalue weighted by Crippen LogP contribution is -2.38. The number of alkyl halides is 1. The highest BCUT2D eigenvalue weighted by atomic mass is 35.5. The van der Waals surface area contributed by atoms with Crippen molar-refractivity contribution in [3.05, 3.63) is 125 Å². The van der Waals surface area contributed by atoms with E-state index in [1.54, 1.807) is 0 Å². The second-order valence-electron chi connectivity index (χ2n) is 6.59. The van der Waals surface area contributed by atoms with E-state index in [0.29, 0.717) is 5.88 Å². The standard InChI is InChI=1S/C24H21ClN2/c1-19-23(17-25)26-18-27(19)24(20-11-5-2-6-12-20,21-13-7-3-8-14-21)22-15-9-4-10-16-22/h2-16,18H,17H2,1H3. The molecule has 0 amide bonds. The third-order valence-corrected chi connectivity index (χ3v) is 5.42. The van der Waals surface area contributed by atoms with Crippen LogP contribution in [0.3, 0.4) is 0 Å². The smallest absolute Gasteiger partial charge is 0.121 e. The van der Waals surface area contributed by atoms with Gasteiger partial charge in [-0.25, -0.2) is 4.98 Å². The van der Waals surface area contributed by atoms with Gasteiger partial charge in [0.05, 0.1) is 17.9 Å². The fraction of sp³-hybridized carbons (Fsp3) is 0.125. The van der Waals surface area contributed by atoms with Crippen LogP contribution in [-0.2, 0) is 11.4 Å². The lowest BCUT2D eigenvalue weighted by atomic mass is 9.76. The minimum atomic E-state index is -0.523. The van der Waals surface area contributed by atoms with E-state index >= 15 is 0 Å². The van der Waals surface area contributed by atoms with E-state index in [-0.39, 0.29) is 0 Å². The Morgan fingerprint density at radius 2 is 1.15 bits per heavy atom. The molecule has 0 saturated heterocycles. The summed E-state index contributed by atoms with van der Waals surface area (Å²) < 4.78 is 2.25. The fourth-order valence-corrected chi connectivity index (χ4v) is 4.13. The summed E-state index contributed by atoms with van der Waals surface area (Å²) in [7, 11) is 0. The van der Waals surface area contributed by atoms with Gasteiger partial charge in [-0.05, 0) is 23.6 Å². The van der Waals surface area contributed by atoms with Crippen molar-refractivity contribution in [2.75, 3.05) is 0 Å². The van der Waals surface area contributed by atoms with Crippen molar-refractivity contribution in [2.45, 2.75) is 18.3 Å². The summed E-state index contributed by atoms with van der Waals surface area (Å²) in [4.78, 5) is 4.61. The molecule has 0 aliphatic heterocycles. The monoisotopic (exact) mass is 372 g/mol. The number of benzene rings is 3. The molecule has 0 N–H and O–H groups in total. The van der Waals surface area contributed by atoms with E-state index in [2.05, 4.69) is 107 Å². The van der Waals surface area contributed by atoms with Crippen LogP contribution in [0.25, 0.3) is 0 Å². The van der Waals surface area contributed by atoms with Crippen LogP contribution < -0.4 is 0 Å². The van der Waals surface area contributed by atoms with Gasteiger partial charge >= 0.3 is 0 Å². The molecule has 4 aromatic rings. The summed E-state index contributed by atoms with van der Waals surface area (Å²) in [6.45, 7) is 2.09. The molecule has 0 radical (unpaired) electrons. The zero-order chi connectivity index (χ0) is 18.7. The molecule has 3 heteroatoms. The molecule has 0 atom stereocenters. The Hall–Kier alpha value is -2.84. The highest BCUT2D eigenvalue weighted by Gasteiger charge is 2.39. The Morgan fingerprint density at radius 1 is 0.741 bits per heavy atom. The molecule has 1 heterocycles. The van der Waals surface area contributed by atoms with Crippen LogP contribution in [0.5, 0.6) is 0 Å². The molecule has 134 valence electrons. The molecule has 0 fully saturated rings. The second kappa shape index (κ2) is 7.42. The molecular weight excluding hydrogens is 352 g/mol. The molecule has 0 bridgehead atoms. The van der Waals surface area contributed by atoms with Gasteiger partial charge in [0.2, 0.25) is 0 Å². The normalized spacial score (nSPS) is 11.5. The van der Waals surface area contributed by atoms with Gasteiger partial charge in [0.1, 0.15) is 5.54 Å². The van der Waals surface area contributed by atoms with Gasteiger partial charge < -0.3 is 4.57 Å². The molecule has 0 saturated carbocycles. The first-order valence-electron chi connectivity index (χ1n) is 9.04. The maximum absolute atomic E-state index is 6.16. The topological polar surface area (TPSA) is 17.8 Å². The number of imidazole rings is 1. The van der Waals surface area contributed by atoms with Gasteiger partial charge in [-0.3, -0.25) is 0 Å². The van der Waals surface area contributed by atoms with E-state index in [0.717, 1.165) is 11.4 Å². The van der Waals surface area contributed by atoms with Crippen molar-refractivity contribution in [1.82, 2.24) is 9.55 Å². The van der Waals surface area contributed by atoms with Gasteiger partial charge in [-0.2, -0.15) is 0 Å². The Morgan fingerprint density at radius 3 is 1.48 bits per heavy atom. The van der Waals surface area contributed by atoms with Crippen molar-refractivity contribution >= 4 is 11.6 Å². The second-order valence-corrected chi connectivity index (χ2v) is 6.86. The van der Waals surface area contributed by atoms with Gasteiger partial charge in [-0.15, -0.1) is 11.6 Å². The number of rotatable bonds is 5. The number of aromatic nitrogens is 2. The van der Waals surface area contributed by atoms with Crippen LogP contribution in [0.4, 0.5) is 0 Å². The molecule has 2 nitrogen and oxygen atoms in total. The Labute approximate surface area is 165 Å².